The molecule has 2 rings (SSSR count). The molecule has 0 fully saturated rings. The molecule has 0 unspecified atom stereocenters. The molecule has 5 heteroatoms. The molecule has 1 aromatic carbocycles. The lowest BCUT2D eigenvalue weighted by Crippen LogP contribution is -2.12. The van der Waals surface area contributed by atoms with Crippen LogP contribution >= 0.6 is 0 Å². The van der Waals surface area contributed by atoms with Gasteiger partial charge in [0.15, 0.2) is 0 Å². The number of amides is 1. The van der Waals surface area contributed by atoms with E-state index in [1.165, 1.54) is 6.20 Å². The molecule has 0 atom stereocenters. The number of hydrogen-bond acceptors (Lipinski definition) is 4. The Hall–Kier alpha value is -2.40. The monoisotopic (exact) mass is 271 g/mol. The molecule has 0 saturated heterocycles. The molecule has 0 bridgehead atoms. The van der Waals surface area contributed by atoms with Gasteiger partial charge < -0.3 is 15.4 Å². The van der Waals surface area contributed by atoms with Crippen molar-refractivity contribution >= 4 is 17.3 Å². The van der Waals surface area contributed by atoms with Crippen LogP contribution in [-0.4, -0.2) is 31.2 Å². The fourth-order valence-corrected chi connectivity index (χ4v) is 1.67. The van der Waals surface area contributed by atoms with Crippen LogP contribution in [0.3, 0.4) is 0 Å². The number of carbonyl (C=O) groups excluding carboxylic acids is 1. The van der Waals surface area contributed by atoms with Gasteiger partial charge in [0.25, 0.3) is 5.91 Å². The second-order valence-corrected chi connectivity index (χ2v) is 4.19. The fourth-order valence-electron chi connectivity index (χ4n) is 1.67. The summed E-state index contributed by atoms with van der Waals surface area (Å²) in [6.07, 6.45) is 3.17. The largest absolute Gasteiger partial charge is 0.383 e. The molecule has 20 heavy (non-hydrogen) atoms. The highest BCUT2D eigenvalue weighted by molar-refractivity contribution is 6.04. The Morgan fingerprint density at radius 1 is 1.20 bits per heavy atom. The van der Waals surface area contributed by atoms with Crippen LogP contribution in [0.4, 0.5) is 11.4 Å². The number of nitrogens with one attached hydrogen (secondary N) is 2. The number of aromatic nitrogens is 1. The van der Waals surface area contributed by atoms with Gasteiger partial charge in [0.05, 0.1) is 12.2 Å². The number of pyridine rings is 1. The van der Waals surface area contributed by atoms with Gasteiger partial charge in [-0.15, -0.1) is 0 Å². The molecule has 1 heterocycles. The molecule has 0 aliphatic heterocycles. The number of methoxy groups -OCH3 is 1. The van der Waals surface area contributed by atoms with Crippen LogP contribution in [-0.2, 0) is 4.74 Å². The van der Waals surface area contributed by atoms with Gasteiger partial charge in [-0.25, -0.2) is 0 Å². The van der Waals surface area contributed by atoms with Gasteiger partial charge in [-0.3, -0.25) is 9.78 Å². The van der Waals surface area contributed by atoms with Gasteiger partial charge in [-0.2, -0.15) is 0 Å². The van der Waals surface area contributed by atoms with Crippen LogP contribution in [0.5, 0.6) is 0 Å². The Morgan fingerprint density at radius 2 is 1.95 bits per heavy atom. The first-order valence-electron chi connectivity index (χ1n) is 6.34. The molecule has 0 radical (unpaired) electrons. The first kappa shape index (κ1) is 14.0. The Bertz CT molecular complexity index is 541. The van der Waals surface area contributed by atoms with E-state index in [1.807, 2.05) is 24.3 Å². The minimum atomic E-state index is -0.168. The maximum Gasteiger partial charge on any atom is 0.257 e. The number of hydrogen-bond donors (Lipinski definition) is 2. The standard InChI is InChI=1S/C15H17N3O2/c1-20-10-9-17-13-4-6-14(7-5-13)18-15(19)12-3-2-8-16-11-12/h2-8,11,17H,9-10H2,1H3,(H,18,19). The molecule has 0 aliphatic rings. The lowest BCUT2D eigenvalue weighted by Gasteiger charge is -2.08. The molecular formula is C15H17N3O2. The third-order valence-electron chi connectivity index (χ3n) is 2.70. The van der Waals surface area contributed by atoms with Crippen molar-refractivity contribution in [1.82, 2.24) is 4.98 Å². The topological polar surface area (TPSA) is 63.2 Å². The average molecular weight is 271 g/mol. The highest BCUT2D eigenvalue weighted by Crippen LogP contribution is 2.14. The van der Waals surface area contributed by atoms with Crippen LogP contribution in [0.1, 0.15) is 10.4 Å². The van der Waals surface area contributed by atoms with Crippen molar-refractivity contribution in [1.29, 1.82) is 0 Å². The van der Waals surface area contributed by atoms with E-state index >= 15 is 0 Å². The highest BCUT2D eigenvalue weighted by Gasteiger charge is 2.05. The first-order valence-corrected chi connectivity index (χ1v) is 6.34. The van der Waals surface area contributed by atoms with E-state index < -0.39 is 0 Å². The van der Waals surface area contributed by atoms with E-state index in [9.17, 15) is 4.79 Å². The van der Waals surface area contributed by atoms with Crippen molar-refractivity contribution < 1.29 is 9.53 Å². The van der Waals surface area contributed by atoms with E-state index in [2.05, 4.69) is 15.6 Å². The second kappa shape index (κ2) is 7.25. The number of ether oxygens (including phenoxy) is 1. The van der Waals surface area contributed by atoms with Crippen molar-refractivity contribution in [2.24, 2.45) is 0 Å². The Morgan fingerprint density at radius 3 is 2.60 bits per heavy atom. The third kappa shape index (κ3) is 4.07. The van der Waals surface area contributed by atoms with Crippen molar-refractivity contribution in [3.63, 3.8) is 0 Å². The Balaban J connectivity index is 1.92. The van der Waals surface area contributed by atoms with E-state index in [0.717, 1.165) is 17.9 Å². The summed E-state index contributed by atoms with van der Waals surface area (Å²) in [5.41, 5.74) is 2.27. The zero-order chi connectivity index (χ0) is 14.2. The number of carbonyl (C=O) groups is 1. The van der Waals surface area contributed by atoms with Gasteiger partial charge in [-0.05, 0) is 36.4 Å². The molecule has 0 saturated carbocycles. The van der Waals surface area contributed by atoms with Crippen LogP contribution < -0.4 is 10.6 Å². The fraction of sp³-hybridized carbons (Fsp3) is 0.200. The maximum atomic E-state index is 11.9. The van der Waals surface area contributed by atoms with Gasteiger partial charge in [-0.1, -0.05) is 0 Å². The predicted molar refractivity (Wildman–Crippen MR) is 79.0 cm³/mol. The zero-order valence-corrected chi connectivity index (χ0v) is 11.3. The highest BCUT2D eigenvalue weighted by atomic mass is 16.5. The lowest BCUT2D eigenvalue weighted by molar-refractivity contribution is 0.102. The second-order valence-electron chi connectivity index (χ2n) is 4.19. The normalized spacial score (nSPS) is 10.1. The minimum Gasteiger partial charge on any atom is -0.383 e. The van der Waals surface area contributed by atoms with Crippen molar-refractivity contribution in [2.75, 3.05) is 30.9 Å². The SMILES string of the molecule is COCCNc1ccc(NC(=O)c2cccnc2)cc1. The van der Waals surface area contributed by atoms with Gasteiger partial charge in [0.1, 0.15) is 0 Å². The molecule has 1 amide bonds. The zero-order valence-electron chi connectivity index (χ0n) is 11.3. The summed E-state index contributed by atoms with van der Waals surface area (Å²) in [6.45, 7) is 1.40. The van der Waals surface area contributed by atoms with E-state index in [4.69, 9.17) is 4.74 Å². The number of nitrogens with zero attached hydrogens (tertiary/aromatic N) is 1. The number of anilines is 2. The predicted octanol–water partition coefficient (Wildman–Crippen LogP) is 2.39. The van der Waals surface area contributed by atoms with Gasteiger partial charge >= 0.3 is 0 Å². The molecule has 0 aliphatic carbocycles. The Kier molecular flexibility index (Phi) is 5.08. The summed E-state index contributed by atoms with van der Waals surface area (Å²) < 4.78 is 4.96. The minimum absolute atomic E-state index is 0.168. The molecule has 0 spiro atoms. The summed E-state index contributed by atoms with van der Waals surface area (Å²) in [7, 11) is 1.67. The van der Waals surface area contributed by atoms with Crippen LogP contribution in [0, 0.1) is 0 Å². The van der Waals surface area contributed by atoms with E-state index in [0.29, 0.717) is 12.2 Å². The number of rotatable bonds is 6. The maximum absolute atomic E-state index is 11.9. The van der Waals surface area contributed by atoms with Crippen LogP contribution in [0.25, 0.3) is 0 Å². The van der Waals surface area contributed by atoms with Gasteiger partial charge in [0, 0.05) is 37.4 Å². The number of benzene rings is 1. The smallest absolute Gasteiger partial charge is 0.257 e. The summed E-state index contributed by atoms with van der Waals surface area (Å²) in [5.74, 6) is -0.168. The van der Waals surface area contributed by atoms with Crippen LogP contribution in [0.2, 0.25) is 0 Å². The summed E-state index contributed by atoms with van der Waals surface area (Å²) >= 11 is 0. The van der Waals surface area contributed by atoms with Crippen molar-refractivity contribution in [2.45, 2.75) is 0 Å². The molecule has 5 nitrogen and oxygen atoms in total. The third-order valence-corrected chi connectivity index (χ3v) is 2.70. The van der Waals surface area contributed by atoms with Crippen molar-refractivity contribution in [3.8, 4) is 0 Å². The van der Waals surface area contributed by atoms with E-state index in [-0.39, 0.29) is 5.91 Å². The van der Waals surface area contributed by atoms with E-state index in [1.54, 1.807) is 25.4 Å². The molecule has 104 valence electrons. The molecule has 1 aromatic heterocycles. The van der Waals surface area contributed by atoms with Crippen LogP contribution in [0.15, 0.2) is 48.8 Å². The van der Waals surface area contributed by atoms with Gasteiger partial charge in [0.2, 0.25) is 0 Å². The molecule has 2 N–H and O–H groups in total. The first-order chi connectivity index (χ1) is 9.79. The average Bonchev–Trinajstić information content (AvgIpc) is 2.50. The van der Waals surface area contributed by atoms with Crippen molar-refractivity contribution in [3.05, 3.63) is 54.4 Å². The summed E-state index contributed by atoms with van der Waals surface area (Å²) in [4.78, 5) is 15.8. The Labute approximate surface area is 118 Å². The summed E-state index contributed by atoms with van der Waals surface area (Å²) in [5, 5.41) is 6.03. The lowest BCUT2D eigenvalue weighted by atomic mass is 10.2. The quantitative estimate of drug-likeness (QED) is 0.792. The molecular weight excluding hydrogens is 254 g/mol. The molecule has 2 aromatic rings. The summed E-state index contributed by atoms with van der Waals surface area (Å²) in [6, 6.07) is 11.0.